The van der Waals surface area contributed by atoms with Crippen molar-refractivity contribution in [3.8, 4) is 123 Å². The molecule has 0 aliphatic heterocycles. The van der Waals surface area contributed by atoms with Gasteiger partial charge in [-0.05, 0) is 130 Å². The Labute approximate surface area is 413 Å². The molecule has 0 bridgehead atoms. The second kappa shape index (κ2) is 16.1. The van der Waals surface area contributed by atoms with Crippen LogP contribution < -0.4 is 0 Å². The lowest BCUT2D eigenvalue weighted by Gasteiger charge is -2.25. The molecular formula is C67H44N2S. The molecule has 2 nitrogen and oxygen atoms in total. The van der Waals surface area contributed by atoms with E-state index >= 15 is 0 Å². The lowest BCUT2D eigenvalue weighted by atomic mass is 9.79. The zero-order valence-corrected chi connectivity index (χ0v) is 39.5. The molecule has 70 heavy (non-hydrogen) atoms. The molecule has 2 heterocycles. The van der Waals surface area contributed by atoms with Gasteiger partial charge in [-0.15, -0.1) is 11.3 Å². The van der Waals surface area contributed by atoms with Crippen LogP contribution in [-0.2, 0) is 0 Å². The summed E-state index contributed by atoms with van der Waals surface area (Å²) in [6, 6.07) is 79.3. The molecular weight excluding hydrogens is 865 g/mol. The van der Waals surface area contributed by atoms with Crippen LogP contribution in [0.5, 0.6) is 0 Å². The van der Waals surface area contributed by atoms with Gasteiger partial charge in [-0.2, -0.15) is 0 Å². The van der Waals surface area contributed by atoms with Crippen molar-refractivity contribution in [3.63, 3.8) is 0 Å². The highest BCUT2D eigenvalue weighted by molar-refractivity contribution is 7.26. The molecule has 0 fully saturated rings. The average molecular weight is 910 g/mol. The fourth-order valence-electron chi connectivity index (χ4n) is 11.5. The normalized spacial score (nSPS) is 12.3. The quantitative estimate of drug-likeness (QED) is 0.176. The minimum absolute atomic E-state index is 0.716. The second-order valence-corrected chi connectivity index (χ2v) is 19.8. The lowest BCUT2D eigenvalue weighted by Crippen LogP contribution is -2.02. The maximum atomic E-state index is 9.90. The number of hydrogen-bond donors (Lipinski definition) is 0. The predicted molar refractivity (Wildman–Crippen MR) is 296 cm³/mol. The van der Waals surface area contributed by atoms with Gasteiger partial charge in [0.1, 0.15) is 0 Å². The summed E-state index contributed by atoms with van der Waals surface area (Å²) in [6.45, 7) is 4.05. The molecule has 0 saturated carbocycles. The topological polar surface area (TPSA) is 25.8 Å². The predicted octanol–water partition coefficient (Wildman–Crippen LogP) is 18.9. The van der Waals surface area contributed by atoms with Gasteiger partial charge >= 0.3 is 0 Å². The number of hydrogen-bond acceptors (Lipinski definition) is 3. The summed E-state index contributed by atoms with van der Waals surface area (Å²) in [5.41, 5.74) is 24.5. The van der Waals surface area contributed by atoms with Crippen molar-refractivity contribution in [3.05, 3.63) is 230 Å². The van der Waals surface area contributed by atoms with Gasteiger partial charge in [0.05, 0.1) is 5.69 Å². The number of rotatable bonds is 4. The third-order valence-corrected chi connectivity index (χ3v) is 15.8. The Morgan fingerprint density at radius 1 is 0.357 bits per heavy atom. The van der Waals surface area contributed by atoms with Crippen LogP contribution in [0.4, 0.5) is 0 Å². The summed E-state index contributed by atoms with van der Waals surface area (Å²) >= 11 is 1.80. The summed E-state index contributed by atoms with van der Waals surface area (Å²) in [6.07, 6.45) is 2.04. The van der Waals surface area contributed by atoms with Crippen molar-refractivity contribution < 1.29 is 1.37 Å². The number of benzene rings is 10. The van der Waals surface area contributed by atoms with Gasteiger partial charge in [0.25, 0.3) is 0 Å². The third-order valence-electron chi connectivity index (χ3n) is 14.6. The van der Waals surface area contributed by atoms with Gasteiger partial charge < -0.3 is 0 Å². The number of fused-ring (bicyclic) bond motifs is 19. The molecule has 2 aliphatic carbocycles. The van der Waals surface area contributed by atoms with E-state index in [1.807, 2.05) is 20.0 Å². The van der Waals surface area contributed by atoms with Gasteiger partial charge in [-0.1, -0.05) is 208 Å². The fraction of sp³-hybridized carbons (Fsp3) is 0.0448. The number of nitrogens with zero attached hydrogens (tertiary/aromatic N) is 2. The minimum atomic E-state index is -0.950. The van der Waals surface area contributed by atoms with Gasteiger partial charge in [0.15, 0.2) is 5.82 Å². The van der Waals surface area contributed by atoms with Gasteiger partial charge in [-0.25, -0.2) is 9.97 Å². The SMILES string of the molecule is [2H]C(C)(C)c1c(-c2ccc3c(c2)-c2ccccc2-c2ccccc2-c2ccccc2-3)cccc1-c1ccc2c(c1)-c1ccccc1-c1ccccc1-c1nc(-c3cccc4c3sc3ccccc34)ncc1-2. The molecule has 12 aromatic rings. The Morgan fingerprint density at radius 3 is 1.27 bits per heavy atom. The molecule has 0 atom stereocenters. The molecule has 0 N–H and O–H groups in total. The fourth-order valence-corrected chi connectivity index (χ4v) is 12.7. The zero-order chi connectivity index (χ0) is 47.4. The highest BCUT2D eigenvalue weighted by Crippen LogP contribution is 2.52. The summed E-state index contributed by atoms with van der Waals surface area (Å²) in [4.78, 5) is 10.7. The van der Waals surface area contributed by atoms with Crippen LogP contribution in [0.1, 0.15) is 26.7 Å². The van der Waals surface area contributed by atoms with Crippen LogP contribution in [0.3, 0.4) is 0 Å². The Morgan fingerprint density at radius 2 is 0.743 bits per heavy atom. The van der Waals surface area contributed by atoms with E-state index in [0.717, 1.165) is 78.0 Å². The standard InChI is InChI=1S/C67H44N2S/c1-40(2)64-43(41-33-35-54-49-21-6-5-19-47(49)45-17-3-4-18-46(45)48-20-7-9-24-52(48)60(54)37-41)28-15-29-44(64)42-34-36-55-61(38-42)53-25-10-8-22-50(53)51-23-11-12-27-57(51)65-62(55)39-68-67(69-65)59-31-16-30-58-56-26-13-14-32-63(56)70-66(58)59/h3-40H,1-2H3/i40D. The smallest absolute Gasteiger partial charge is 0.161 e. The van der Waals surface area contributed by atoms with Crippen molar-refractivity contribution in [2.45, 2.75) is 19.7 Å². The lowest BCUT2D eigenvalue weighted by molar-refractivity contribution is 0.871. The molecule has 10 aromatic carbocycles. The molecule has 3 heteroatoms. The first-order valence-corrected chi connectivity index (χ1v) is 24.9. The van der Waals surface area contributed by atoms with Crippen LogP contribution in [0.15, 0.2) is 225 Å². The summed E-state index contributed by atoms with van der Waals surface area (Å²) in [5.74, 6) is -0.234. The van der Waals surface area contributed by atoms with Crippen LogP contribution in [0.2, 0.25) is 0 Å². The first-order valence-electron chi connectivity index (χ1n) is 24.6. The zero-order valence-electron chi connectivity index (χ0n) is 39.7. The Bertz CT molecular complexity index is 4170. The van der Waals surface area contributed by atoms with Crippen LogP contribution >= 0.6 is 11.3 Å². The molecule has 0 saturated heterocycles. The molecule has 0 amide bonds. The molecule has 0 spiro atoms. The Hall–Kier alpha value is -8.50. The minimum Gasteiger partial charge on any atom is -0.236 e. The van der Waals surface area contributed by atoms with E-state index in [2.05, 4.69) is 218 Å². The van der Waals surface area contributed by atoms with Crippen molar-refractivity contribution in [2.75, 3.05) is 0 Å². The maximum absolute atomic E-state index is 9.90. The number of thiophene rings is 1. The van der Waals surface area contributed by atoms with Crippen LogP contribution in [0.25, 0.3) is 143 Å². The van der Waals surface area contributed by atoms with Crippen molar-refractivity contribution in [2.24, 2.45) is 0 Å². The van der Waals surface area contributed by atoms with E-state index in [-0.39, 0.29) is 0 Å². The summed E-state index contributed by atoms with van der Waals surface area (Å²) < 4.78 is 12.4. The Kier molecular flexibility index (Phi) is 9.06. The molecule has 2 aromatic heterocycles. The van der Waals surface area contributed by atoms with E-state index in [9.17, 15) is 1.37 Å². The van der Waals surface area contributed by atoms with Crippen molar-refractivity contribution in [1.82, 2.24) is 9.97 Å². The molecule has 328 valence electrons. The second-order valence-electron chi connectivity index (χ2n) is 18.7. The van der Waals surface area contributed by atoms with Crippen LogP contribution in [-0.4, -0.2) is 9.97 Å². The molecule has 2 aliphatic rings. The van der Waals surface area contributed by atoms with E-state index in [4.69, 9.17) is 9.97 Å². The van der Waals surface area contributed by atoms with E-state index in [0.29, 0.717) is 5.82 Å². The van der Waals surface area contributed by atoms with E-state index in [1.165, 1.54) is 64.7 Å². The van der Waals surface area contributed by atoms with E-state index < -0.39 is 5.89 Å². The third kappa shape index (κ3) is 6.25. The van der Waals surface area contributed by atoms with Crippen LogP contribution in [0, 0.1) is 0 Å². The van der Waals surface area contributed by atoms with Crippen molar-refractivity contribution in [1.29, 1.82) is 0 Å². The highest BCUT2D eigenvalue weighted by Gasteiger charge is 2.27. The van der Waals surface area contributed by atoms with Crippen molar-refractivity contribution >= 4 is 31.5 Å². The molecule has 0 radical (unpaired) electrons. The summed E-state index contributed by atoms with van der Waals surface area (Å²) in [5, 5.41) is 2.48. The van der Waals surface area contributed by atoms with E-state index in [1.54, 1.807) is 11.3 Å². The first-order chi connectivity index (χ1) is 34.9. The number of aromatic nitrogens is 2. The largest absolute Gasteiger partial charge is 0.236 e. The highest BCUT2D eigenvalue weighted by atomic mass is 32.1. The summed E-state index contributed by atoms with van der Waals surface area (Å²) in [7, 11) is 0. The van der Waals surface area contributed by atoms with Gasteiger partial charge in [0.2, 0.25) is 0 Å². The monoisotopic (exact) mass is 909 g/mol. The first kappa shape index (κ1) is 39.5. The average Bonchev–Trinajstić information content (AvgIpc) is 3.81. The van der Waals surface area contributed by atoms with Gasteiger partial charge in [0, 0.05) is 44.4 Å². The maximum Gasteiger partial charge on any atom is 0.161 e. The Balaban J connectivity index is 0.960. The molecule has 0 unspecified atom stereocenters. The molecule has 14 rings (SSSR count). The van der Waals surface area contributed by atoms with Gasteiger partial charge in [-0.3, -0.25) is 0 Å².